The van der Waals surface area contributed by atoms with Crippen LogP contribution in [-0.4, -0.2) is 6.54 Å². The molecule has 1 unspecified atom stereocenters. The van der Waals surface area contributed by atoms with E-state index in [0.717, 1.165) is 13.0 Å². The van der Waals surface area contributed by atoms with Gasteiger partial charge in [-0.25, -0.2) is 4.39 Å². The maximum atomic E-state index is 13.9. The standard InChI is InChI=1S/C16H19ClFNS/c1-3-9-19-15(16-8-7-11(2)20-16)10-12-13(17)5-4-6-14(12)18/h4-8,15,19H,3,9-10H2,1-2H3. The second-order valence-electron chi connectivity index (χ2n) is 4.86. The van der Waals surface area contributed by atoms with Gasteiger partial charge in [0.15, 0.2) is 0 Å². The van der Waals surface area contributed by atoms with E-state index in [1.165, 1.54) is 15.8 Å². The van der Waals surface area contributed by atoms with Crippen molar-refractivity contribution in [3.05, 3.63) is 56.5 Å². The molecule has 0 bridgehead atoms. The van der Waals surface area contributed by atoms with Gasteiger partial charge in [0.2, 0.25) is 0 Å². The van der Waals surface area contributed by atoms with Crippen LogP contribution in [0.3, 0.4) is 0 Å². The van der Waals surface area contributed by atoms with Gasteiger partial charge in [0, 0.05) is 26.4 Å². The van der Waals surface area contributed by atoms with Crippen LogP contribution in [-0.2, 0) is 6.42 Å². The minimum absolute atomic E-state index is 0.114. The largest absolute Gasteiger partial charge is 0.309 e. The Kier molecular flexibility index (Phi) is 5.58. The minimum atomic E-state index is -0.228. The van der Waals surface area contributed by atoms with Crippen molar-refractivity contribution in [3.8, 4) is 0 Å². The molecule has 0 aliphatic heterocycles. The highest BCUT2D eigenvalue weighted by molar-refractivity contribution is 7.12. The van der Waals surface area contributed by atoms with Crippen LogP contribution in [0, 0.1) is 12.7 Å². The third-order valence-corrected chi connectivity index (χ3v) is 4.68. The number of nitrogens with one attached hydrogen (secondary N) is 1. The third kappa shape index (κ3) is 3.81. The molecule has 2 aromatic rings. The predicted molar refractivity (Wildman–Crippen MR) is 85.2 cm³/mol. The van der Waals surface area contributed by atoms with Gasteiger partial charge >= 0.3 is 0 Å². The van der Waals surface area contributed by atoms with E-state index < -0.39 is 0 Å². The van der Waals surface area contributed by atoms with E-state index >= 15 is 0 Å². The third-order valence-electron chi connectivity index (χ3n) is 3.22. The molecule has 1 N–H and O–H groups in total. The summed E-state index contributed by atoms with van der Waals surface area (Å²) in [5, 5.41) is 3.99. The molecule has 0 spiro atoms. The molecular formula is C16H19ClFNS. The lowest BCUT2D eigenvalue weighted by Crippen LogP contribution is -2.23. The van der Waals surface area contributed by atoms with Crippen LogP contribution in [0.5, 0.6) is 0 Å². The topological polar surface area (TPSA) is 12.0 Å². The molecule has 1 aromatic carbocycles. The Balaban J connectivity index is 2.23. The first-order chi connectivity index (χ1) is 9.61. The van der Waals surface area contributed by atoms with Gasteiger partial charge in [-0.05, 0) is 50.6 Å². The molecule has 2 rings (SSSR count). The fourth-order valence-corrected chi connectivity index (χ4v) is 3.36. The second kappa shape index (κ2) is 7.21. The van der Waals surface area contributed by atoms with Gasteiger partial charge in [0.25, 0.3) is 0 Å². The van der Waals surface area contributed by atoms with Crippen molar-refractivity contribution >= 4 is 22.9 Å². The Morgan fingerprint density at radius 1 is 1.30 bits per heavy atom. The highest BCUT2D eigenvalue weighted by atomic mass is 35.5. The van der Waals surface area contributed by atoms with Crippen LogP contribution in [0.1, 0.15) is 34.7 Å². The first kappa shape index (κ1) is 15.5. The summed E-state index contributed by atoms with van der Waals surface area (Å²) in [4.78, 5) is 2.50. The maximum Gasteiger partial charge on any atom is 0.127 e. The summed E-state index contributed by atoms with van der Waals surface area (Å²) >= 11 is 7.89. The highest BCUT2D eigenvalue weighted by Crippen LogP contribution is 2.29. The summed E-state index contributed by atoms with van der Waals surface area (Å²) in [6.07, 6.45) is 1.62. The van der Waals surface area contributed by atoms with Gasteiger partial charge < -0.3 is 5.32 Å². The van der Waals surface area contributed by atoms with E-state index in [-0.39, 0.29) is 11.9 Å². The van der Waals surface area contributed by atoms with E-state index in [4.69, 9.17) is 11.6 Å². The monoisotopic (exact) mass is 311 g/mol. The van der Waals surface area contributed by atoms with Gasteiger partial charge in [0.1, 0.15) is 5.82 Å². The summed E-state index contributed by atoms with van der Waals surface area (Å²) in [7, 11) is 0. The van der Waals surface area contributed by atoms with E-state index in [9.17, 15) is 4.39 Å². The zero-order valence-electron chi connectivity index (χ0n) is 11.7. The molecule has 0 amide bonds. The van der Waals surface area contributed by atoms with Crippen molar-refractivity contribution in [2.45, 2.75) is 32.7 Å². The summed E-state index contributed by atoms with van der Waals surface area (Å²) in [6, 6.07) is 9.19. The fraction of sp³-hybridized carbons (Fsp3) is 0.375. The van der Waals surface area contributed by atoms with Crippen molar-refractivity contribution in [3.63, 3.8) is 0 Å². The number of hydrogen-bond acceptors (Lipinski definition) is 2. The average Bonchev–Trinajstić information content (AvgIpc) is 2.84. The van der Waals surface area contributed by atoms with Gasteiger partial charge in [-0.15, -0.1) is 11.3 Å². The Bertz CT molecular complexity index is 547. The van der Waals surface area contributed by atoms with Crippen LogP contribution < -0.4 is 5.32 Å². The number of halogens is 2. The van der Waals surface area contributed by atoms with Crippen molar-refractivity contribution < 1.29 is 4.39 Å². The molecule has 0 radical (unpaired) electrons. The molecule has 1 aromatic heterocycles. The van der Waals surface area contributed by atoms with E-state index in [1.807, 2.05) is 0 Å². The zero-order chi connectivity index (χ0) is 14.5. The molecule has 0 aliphatic carbocycles. The van der Waals surface area contributed by atoms with Crippen molar-refractivity contribution in [1.29, 1.82) is 0 Å². The van der Waals surface area contributed by atoms with Crippen LogP contribution >= 0.6 is 22.9 Å². The van der Waals surface area contributed by atoms with Gasteiger partial charge in [-0.2, -0.15) is 0 Å². The van der Waals surface area contributed by atoms with Crippen LogP contribution in [0.2, 0.25) is 5.02 Å². The maximum absolute atomic E-state index is 13.9. The van der Waals surface area contributed by atoms with Crippen molar-refractivity contribution in [2.24, 2.45) is 0 Å². The minimum Gasteiger partial charge on any atom is -0.309 e. The predicted octanol–water partition coefficient (Wildman–Crippen LogP) is 5.13. The molecular weight excluding hydrogens is 293 g/mol. The van der Waals surface area contributed by atoms with Crippen molar-refractivity contribution in [2.75, 3.05) is 6.54 Å². The summed E-state index contributed by atoms with van der Waals surface area (Å²) in [5.41, 5.74) is 0.592. The normalized spacial score (nSPS) is 12.6. The van der Waals surface area contributed by atoms with Gasteiger partial charge in [-0.3, -0.25) is 0 Å². The molecule has 0 aliphatic rings. The summed E-state index contributed by atoms with van der Waals surface area (Å²) in [6.45, 7) is 5.12. The first-order valence-electron chi connectivity index (χ1n) is 6.84. The Hall–Kier alpha value is -0.900. The molecule has 4 heteroatoms. The quantitative estimate of drug-likeness (QED) is 0.779. The Labute approximate surface area is 128 Å². The van der Waals surface area contributed by atoms with Gasteiger partial charge in [-0.1, -0.05) is 24.6 Å². The van der Waals surface area contributed by atoms with Gasteiger partial charge in [0.05, 0.1) is 0 Å². The number of thiophene rings is 1. The van der Waals surface area contributed by atoms with Crippen LogP contribution in [0.25, 0.3) is 0 Å². The number of benzene rings is 1. The lowest BCUT2D eigenvalue weighted by molar-refractivity contribution is 0.519. The van der Waals surface area contributed by atoms with Crippen molar-refractivity contribution in [1.82, 2.24) is 5.32 Å². The lowest BCUT2D eigenvalue weighted by atomic mass is 10.0. The van der Waals surface area contributed by atoms with E-state index in [0.29, 0.717) is 17.0 Å². The van der Waals surface area contributed by atoms with E-state index in [2.05, 4.69) is 31.3 Å². The summed E-state index contributed by atoms with van der Waals surface area (Å²) < 4.78 is 13.9. The zero-order valence-corrected chi connectivity index (χ0v) is 13.3. The number of aryl methyl sites for hydroxylation is 1. The lowest BCUT2D eigenvalue weighted by Gasteiger charge is -2.18. The highest BCUT2D eigenvalue weighted by Gasteiger charge is 2.17. The Morgan fingerprint density at radius 2 is 2.10 bits per heavy atom. The molecule has 0 saturated carbocycles. The molecule has 1 heterocycles. The second-order valence-corrected chi connectivity index (χ2v) is 6.59. The molecule has 20 heavy (non-hydrogen) atoms. The molecule has 1 atom stereocenters. The van der Waals surface area contributed by atoms with Crippen LogP contribution in [0.15, 0.2) is 30.3 Å². The van der Waals surface area contributed by atoms with Crippen LogP contribution in [0.4, 0.5) is 4.39 Å². The first-order valence-corrected chi connectivity index (χ1v) is 8.04. The SMILES string of the molecule is CCCNC(Cc1c(F)cccc1Cl)c1ccc(C)s1. The smallest absolute Gasteiger partial charge is 0.127 e. The molecule has 0 saturated heterocycles. The van der Waals surface area contributed by atoms with E-state index in [1.54, 1.807) is 23.5 Å². The summed E-state index contributed by atoms with van der Waals surface area (Å²) in [5.74, 6) is -0.228. The average molecular weight is 312 g/mol. The molecule has 108 valence electrons. The molecule has 0 fully saturated rings. The fourth-order valence-electron chi connectivity index (χ4n) is 2.16. The number of hydrogen-bond donors (Lipinski definition) is 1. The Morgan fingerprint density at radius 3 is 2.70 bits per heavy atom. The number of rotatable bonds is 6. The molecule has 1 nitrogen and oxygen atoms in total.